The molecule has 0 aromatic carbocycles. The highest BCUT2D eigenvalue weighted by molar-refractivity contribution is 4.81. The van der Waals surface area contributed by atoms with Crippen LogP contribution in [0.25, 0.3) is 0 Å². The number of hydrogen-bond donors (Lipinski definition) is 4. The molecule has 0 aliphatic rings. The van der Waals surface area contributed by atoms with Crippen LogP contribution in [0, 0.1) is 11.3 Å². The number of nitrogens with two attached hydrogens (primary N) is 2. The Bertz CT molecular complexity index is 210. The van der Waals surface area contributed by atoms with Crippen molar-refractivity contribution in [2.24, 2.45) is 22.8 Å². The molecule has 0 aromatic rings. The summed E-state index contributed by atoms with van der Waals surface area (Å²) >= 11 is 0. The van der Waals surface area contributed by atoms with Gasteiger partial charge in [-0.2, -0.15) is 0 Å². The van der Waals surface area contributed by atoms with E-state index in [1.807, 2.05) is 13.8 Å². The van der Waals surface area contributed by atoms with E-state index < -0.39 is 6.10 Å². The average Bonchev–Trinajstić information content (AvgIpc) is 2.36. The quantitative estimate of drug-likeness (QED) is 0.475. The van der Waals surface area contributed by atoms with Gasteiger partial charge < -0.3 is 21.7 Å². The first-order chi connectivity index (χ1) is 8.37. The summed E-state index contributed by atoms with van der Waals surface area (Å²) in [4.78, 5) is 0. The van der Waals surface area contributed by atoms with Crippen LogP contribution in [0.5, 0.6) is 0 Å². The van der Waals surface area contributed by atoms with Gasteiger partial charge in [-0.3, -0.25) is 0 Å². The van der Waals surface area contributed by atoms with E-state index in [4.69, 9.17) is 11.5 Å². The molecule has 0 saturated heterocycles. The molecule has 0 fully saturated rings. The summed E-state index contributed by atoms with van der Waals surface area (Å²) in [6, 6.07) is -0.210. The van der Waals surface area contributed by atoms with Gasteiger partial charge in [0.1, 0.15) is 0 Å². The monoisotopic (exact) mass is 260 g/mol. The Morgan fingerprint density at radius 2 is 1.83 bits per heavy atom. The Balaban J connectivity index is 4.17. The van der Waals surface area contributed by atoms with Crippen molar-refractivity contribution in [3.05, 3.63) is 0 Å². The summed E-state index contributed by atoms with van der Waals surface area (Å²) in [6.07, 6.45) is 3.91. The Morgan fingerprint density at radius 3 is 2.28 bits per heavy atom. The molecule has 18 heavy (non-hydrogen) atoms. The Kier molecular flexibility index (Phi) is 8.78. The SMILES string of the molecule is CCC(CCCN)C(O)C(N)CCC(C)(C)CO. The first-order valence-corrected chi connectivity index (χ1v) is 7.12. The van der Waals surface area contributed by atoms with Crippen LogP contribution in [0.4, 0.5) is 0 Å². The van der Waals surface area contributed by atoms with Gasteiger partial charge in [0.25, 0.3) is 0 Å². The summed E-state index contributed by atoms with van der Waals surface area (Å²) in [6.45, 7) is 6.92. The Labute approximate surface area is 112 Å². The Hall–Kier alpha value is -0.160. The molecule has 0 bridgehead atoms. The van der Waals surface area contributed by atoms with E-state index in [0.29, 0.717) is 6.54 Å². The van der Waals surface area contributed by atoms with E-state index >= 15 is 0 Å². The van der Waals surface area contributed by atoms with Gasteiger partial charge in [-0.25, -0.2) is 0 Å². The topological polar surface area (TPSA) is 92.5 Å². The number of aliphatic hydroxyl groups excluding tert-OH is 2. The first kappa shape index (κ1) is 17.8. The lowest BCUT2D eigenvalue weighted by Gasteiger charge is -2.29. The minimum atomic E-state index is -0.462. The molecule has 3 unspecified atom stereocenters. The molecule has 0 aliphatic carbocycles. The van der Waals surface area contributed by atoms with Gasteiger partial charge >= 0.3 is 0 Å². The molecular formula is C14H32N2O2. The van der Waals surface area contributed by atoms with E-state index in [-0.39, 0.29) is 24.0 Å². The summed E-state index contributed by atoms with van der Waals surface area (Å²) in [5, 5.41) is 19.4. The predicted octanol–water partition coefficient (Wildman–Crippen LogP) is 1.24. The number of aliphatic hydroxyl groups is 2. The normalized spacial score (nSPS) is 17.5. The smallest absolute Gasteiger partial charge is 0.0719 e. The largest absolute Gasteiger partial charge is 0.396 e. The molecule has 0 amide bonds. The van der Waals surface area contributed by atoms with Gasteiger partial charge in [0, 0.05) is 12.6 Å². The highest BCUT2D eigenvalue weighted by Crippen LogP contribution is 2.25. The molecule has 0 heterocycles. The number of hydrogen-bond acceptors (Lipinski definition) is 4. The van der Waals surface area contributed by atoms with Gasteiger partial charge in [-0.1, -0.05) is 27.2 Å². The lowest BCUT2D eigenvalue weighted by atomic mass is 9.83. The van der Waals surface area contributed by atoms with Gasteiger partial charge in [-0.05, 0) is 43.6 Å². The van der Waals surface area contributed by atoms with Crippen molar-refractivity contribution >= 4 is 0 Å². The van der Waals surface area contributed by atoms with E-state index in [2.05, 4.69) is 6.92 Å². The molecule has 0 aromatic heterocycles. The van der Waals surface area contributed by atoms with Crippen LogP contribution in [-0.2, 0) is 0 Å². The summed E-state index contributed by atoms with van der Waals surface area (Å²) < 4.78 is 0. The third kappa shape index (κ3) is 6.69. The Morgan fingerprint density at radius 1 is 1.22 bits per heavy atom. The maximum atomic E-state index is 10.2. The zero-order valence-corrected chi connectivity index (χ0v) is 12.2. The first-order valence-electron chi connectivity index (χ1n) is 7.12. The fourth-order valence-electron chi connectivity index (χ4n) is 2.15. The summed E-state index contributed by atoms with van der Waals surface area (Å²) in [5.41, 5.74) is 11.5. The van der Waals surface area contributed by atoms with Crippen LogP contribution in [0.3, 0.4) is 0 Å². The molecule has 4 heteroatoms. The van der Waals surface area contributed by atoms with Crippen molar-refractivity contribution in [2.75, 3.05) is 13.2 Å². The third-order valence-electron chi connectivity index (χ3n) is 3.81. The maximum Gasteiger partial charge on any atom is 0.0719 e. The molecule has 0 radical (unpaired) electrons. The fourth-order valence-corrected chi connectivity index (χ4v) is 2.15. The van der Waals surface area contributed by atoms with Crippen molar-refractivity contribution in [3.63, 3.8) is 0 Å². The fraction of sp³-hybridized carbons (Fsp3) is 1.00. The van der Waals surface area contributed by atoms with Crippen molar-refractivity contribution in [1.82, 2.24) is 0 Å². The van der Waals surface area contributed by atoms with Crippen LogP contribution < -0.4 is 11.5 Å². The molecule has 110 valence electrons. The van der Waals surface area contributed by atoms with Crippen molar-refractivity contribution < 1.29 is 10.2 Å². The second-order valence-electron chi connectivity index (χ2n) is 6.11. The zero-order valence-electron chi connectivity index (χ0n) is 12.2. The molecule has 6 N–H and O–H groups in total. The van der Waals surface area contributed by atoms with Crippen LogP contribution >= 0.6 is 0 Å². The predicted molar refractivity (Wildman–Crippen MR) is 76.2 cm³/mol. The highest BCUT2D eigenvalue weighted by atomic mass is 16.3. The van der Waals surface area contributed by atoms with E-state index in [1.165, 1.54) is 0 Å². The second-order valence-corrected chi connectivity index (χ2v) is 6.11. The minimum Gasteiger partial charge on any atom is -0.396 e. The molecule has 0 rings (SSSR count). The standard InChI is InChI=1S/C14H32N2O2/c1-4-11(6-5-9-15)13(18)12(16)7-8-14(2,3)10-17/h11-13,17-18H,4-10,15-16H2,1-3H3. The molecule has 0 aliphatic heterocycles. The van der Waals surface area contributed by atoms with E-state index in [9.17, 15) is 10.2 Å². The van der Waals surface area contributed by atoms with Gasteiger partial charge in [0.15, 0.2) is 0 Å². The van der Waals surface area contributed by atoms with Crippen LogP contribution in [-0.4, -0.2) is 35.5 Å². The van der Waals surface area contributed by atoms with Gasteiger partial charge in [0.2, 0.25) is 0 Å². The molecular weight excluding hydrogens is 228 g/mol. The molecule has 4 nitrogen and oxygen atoms in total. The van der Waals surface area contributed by atoms with Crippen LogP contribution in [0.1, 0.15) is 52.9 Å². The van der Waals surface area contributed by atoms with Gasteiger partial charge in [-0.15, -0.1) is 0 Å². The zero-order chi connectivity index (χ0) is 14.2. The third-order valence-corrected chi connectivity index (χ3v) is 3.81. The lowest BCUT2D eigenvalue weighted by molar-refractivity contribution is 0.0625. The number of rotatable bonds is 10. The van der Waals surface area contributed by atoms with E-state index in [1.54, 1.807) is 0 Å². The van der Waals surface area contributed by atoms with E-state index in [0.717, 1.165) is 32.1 Å². The van der Waals surface area contributed by atoms with Gasteiger partial charge in [0.05, 0.1) is 6.10 Å². The van der Waals surface area contributed by atoms with Crippen LogP contribution in [0.2, 0.25) is 0 Å². The highest BCUT2D eigenvalue weighted by Gasteiger charge is 2.25. The summed E-state index contributed by atoms with van der Waals surface area (Å²) in [7, 11) is 0. The maximum absolute atomic E-state index is 10.2. The lowest BCUT2D eigenvalue weighted by Crippen LogP contribution is -2.41. The van der Waals surface area contributed by atoms with Crippen molar-refractivity contribution in [2.45, 2.75) is 65.0 Å². The molecule has 0 spiro atoms. The van der Waals surface area contributed by atoms with Crippen molar-refractivity contribution in [3.8, 4) is 0 Å². The van der Waals surface area contributed by atoms with Crippen LogP contribution in [0.15, 0.2) is 0 Å². The molecule has 3 atom stereocenters. The summed E-state index contributed by atoms with van der Waals surface area (Å²) in [5.74, 6) is 0.237. The second kappa shape index (κ2) is 8.86. The minimum absolute atomic E-state index is 0.115. The molecule has 0 saturated carbocycles. The van der Waals surface area contributed by atoms with Crippen molar-refractivity contribution in [1.29, 1.82) is 0 Å². The average molecular weight is 260 g/mol.